The predicted molar refractivity (Wildman–Crippen MR) is 153 cm³/mol. The third kappa shape index (κ3) is 3.33. The number of ketones is 1. The van der Waals surface area contributed by atoms with Crippen LogP contribution in [0, 0.1) is 11.8 Å². The minimum Gasteiger partial charge on any atom is -0.497 e. The molecule has 3 heterocycles. The number of fused-ring (bicyclic) bond motifs is 7. The van der Waals surface area contributed by atoms with Crippen LogP contribution in [0.2, 0.25) is 0 Å². The number of ether oxygens (including phenoxy) is 2. The lowest BCUT2D eigenvalue weighted by Gasteiger charge is -2.37. The lowest BCUT2D eigenvalue weighted by Crippen LogP contribution is -2.48. The fourth-order valence-electron chi connectivity index (χ4n) is 6.61. The van der Waals surface area contributed by atoms with Crippen molar-refractivity contribution in [2.45, 2.75) is 12.1 Å². The highest BCUT2D eigenvalue weighted by atomic mass is 16.5. The molecule has 4 atom stereocenters. The SMILES string of the molecule is COc1ccc(OC)c(N2C(=O)[C@@H]3[C@@H](C2=O)[C@@H]2C=Cc4c(ccc5ccccc45)N2[C@@H]3C(=O)c2ccccc2)c1. The minimum absolute atomic E-state index is 0.187. The van der Waals surface area contributed by atoms with Crippen molar-refractivity contribution in [1.82, 2.24) is 0 Å². The molecule has 0 aromatic heterocycles. The third-order valence-electron chi connectivity index (χ3n) is 8.37. The second-order valence-corrected chi connectivity index (χ2v) is 10.3. The first-order chi connectivity index (χ1) is 19.5. The van der Waals surface area contributed by atoms with E-state index in [4.69, 9.17) is 9.47 Å². The molecule has 2 fully saturated rings. The Balaban J connectivity index is 1.41. The van der Waals surface area contributed by atoms with Gasteiger partial charge in [-0.3, -0.25) is 14.4 Å². The number of carbonyl (C=O) groups excluding carboxylic acids is 3. The molecule has 0 radical (unpaired) electrons. The van der Waals surface area contributed by atoms with Crippen LogP contribution in [0.5, 0.6) is 11.5 Å². The molecule has 7 nitrogen and oxygen atoms in total. The fourth-order valence-corrected chi connectivity index (χ4v) is 6.61. The smallest absolute Gasteiger partial charge is 0.240 e. The molecule has 0 unspecified atom stereocenters. The summed E-state index contributed by atoms with van der Waals surface area (Å²) in [7, 11) is 3.01. The van der Waals surface area contributed by atoms with Gasteiger partial charge in [0.25, 0.3) is 0 Å². The van der Waals surface area contributed by atoms with Crippen molar-refractivity contribution in [2.24, 2.45) is 11.8 Å². The Morgan fingerprint density at radius 2 is 1.52 bits per heavy atom. The molecule has 40 heavy (non-hydrogen) atoms. The number of carbonyl (C=O) groups is 3. The largest absolute Gasteiger partial charge is 0.497 e. The van der Waals surface area contributed by atoms with Crippen molar-refractivity contribution in [3.63, 3.8) is 0 Å². The van der Waals surface area contributed by atoms with Crippen molar-refractivity contribution in [1.29, 1.82) is 0 Å². The summed E-state index contributed by atoms with van der Waals surface area (Å²) in [6.07, 6.45) is 4.00. The second-order valence-electron chi connectivity index (χ2n) is 10.3. The first-order valence-electron chi connectivity index (χ1n) is 13.2. The van der Waals surface area contributed by atoms with Gasteiger partial charge in [0, 0.05) is 22.9 Å². The number of hydrogen-bond donors (Lipinski definition) is 0. The molecule has 198 valence electrons. The van der Waals surface area contributed by atoms with E-state index in [1.807, 2.05) is 65.6 Å². The van der Waals surface area contributed by atoms with Crippen LogP contribution >= 0.6 is 0 Å². The first-order valence-corrected chi connectivity index (χ1v) is 13.2. The van der Waals surface area contributed by atoms with E-state index in [9.17, 15) is 14.4 Å². The number of imide groups is 1. The van der Waals surface area contributed by atoms with Gasteiger partial charge in [-0.2, -0.15) is 0 Å². The van der Waals surface area contributed by atoms with Gasteiger partial charge in [0.15, 0.2) is 5.78 Å². The van der Waals surface area contributed by atoms with Gasteiger partial charge < -0.3 is 14.4 Å². The Morgan fingerprint density at radius 3 is 2.30 bits per heavy atom. The van der Waals surface area contributed by atoms with E-state index >= 15 is 0 Å². The molecule has 2 saturated heterocycles. The molecule has 3 aliphatic rings. The molecular formula is C33H26N2O5. The summed E-state index contributed by atoms with van der Waals surface area (Å²) in [5, 5.41) is 2.14. The van der Waals surface area contributed by atoms with Gasteiger partial charge in [-0.05, 0) is 29.0 Å². The molecular weight excluding hydrogens is 504 g/mol. The standard InChI is InChI=1S/C33H26N2O5/c1-39-21-13-17-27(40-2)26(18-21)35-32(37)28-25-16-14-23-22-11-7-6-8-19(22)12-15-24(23)34(25)30(29(28)33(35)38)31(36)20-9-4-3-5-10-20/h3-18,25,28-30H,1-2H3/t25-,28-,29+,30-/m0/s1. The number of nitrogens with zero attached hydrogens (tertiary/aromatic N) is 2. The molecule has 0 aliphatic carbocycles. The first kappa shape index (κ1) is 24.2. The molecule has 2 amide bonds. The normalized spacial score (nSPS) is 22.8. The van der Waals surface area contributed by atoms with Gasteiger partial charge in [0.1, 0.15) is 17.5 Å². The van der Waals surface area contributed by atoms with Crippen molar-refractivity contribution in [3.05, 3.63) is 102 Å². The van der Waals surface area contributed by atoms with E-state index in [0.29, 0.717) is 22.7 Å². The van der Waals surface area contributed by atoms with Crippen LogP contribution in [0.15, 0.2) is 91.0 Å². The lowest BCUT2D eigenvalue weighted by atomic mass is 9.86. The Hall–Kier alpha value is -4.91. The van der Waals surface area contributed by atoms with Gasteiger partial charge in [-0.25, -0.2) is 4.90 Å². The molecule has 0 bridgehead atoms. The van der Waals surface area contributed by atoms with Crippen LogP contribution in [0.3, 0.4) is 0 Å². The average molecular weight is 531 g/mol. The number of benzene rings is 4. The number of rotatable bonds is 5. The van der Waals surface area contributed by atoms with Gasteiger partial charge in [-0.15, -0.1) is 0 Å². The highest BCUT2D eigenvalue weighted by Crippen LogP contribution is 2.51. The quantitative estimate of drug-likeness (QED) is 0.263. The van der Waals surface area contributed by atoms with Crippen molar-refractivity contribution in [3.8, 4) is 11.5 Å². The monoisotopic (exact) mass is 530 g/mol. The molecule has 4 aromatic carbocycles. The molecule has 4 aromatic rings. The Morgan fingerprint density at radius 1 is 0.775 bits per heavy atom. The summed E-state index contributed by atoms with van der Waals surface area (Å²) in [5.74, 6) is -1.70. The van der Waals surface area contributed by atoms with E-state index in [0.717, 1.165) is 22.0 Å². The van der Waals surface area contributed by atoms with E-state index in [1.54, 1.807) is 30.3 Å². The fraction of sp³-hybridized carbons (Fsp3) is 0.182. The van der Waals surface area contributed by atoms with Gasteiger partial charge >= 0.3 is 0 Å². The van der Waals surface area contributed by atoms with Crippen molar-refractivity contribution < 1.29 is 23.9 Å². The maximum Gasteiger partial charge on any atom is 0.240 e. The van der Waals surface area contributed by atoms with Crippen molar-refractivity contribution >= 4 is 45.8 Å². The third-order valence-corrected chi connectivity index (χ3v) is 8.37. The average Bonchev–Trinajstić information content (AvgIpc) is 3.48. The molecule has 0 N–H and O–H groups in total. The highest BCUT2D eigenvalue weighted by molar-refractivity contribution is 6.26. The summed E-state index contributed by atoms with van der Waals surface area (Å²) in [6, 6.07) is 24.8. The summed E-state index contributed by atoms with van der Waals surface area (Å²) in [6.45, 7) is 0. The Bertz CT molecular complexity index is 1730. The maximum absolute atomic E-state index is 14.3. The van der Waals surface area contributed by atoms with Crippen molar-refractivity contribution in [2.75, 3.05) is 24.0 Å². The van der Waals surface area contributed by atoms with Crippen LogP contribution < -0.4 is 19.3 Å². The van der Waals surface area contributed by atoms with E-state index in [1.165, 1.54) is 19.1 Å². The van der Waals surface area contributed by atoms with E-state index in [-0.39, 0.29) is 11.7 Å². The van der Waals surface area contributed by atoms with Gasteiger partial charge in [-0.1, -0.05) is 72.8 Å². The summed E-state index contributed by atoms with van der Waals surface area (Å²) in [5.41, 5.74) is 2.64. The van der Waals surface area contributed by atoms with Gasteiger partial charge in [0.05, 0.1) is 37.8 Å². The zero-order valence-corrected chi connectivity index (χ0v) is 22.0. The van der Waals surface area contributed by atoms with Gasteiger partial charge in [0.2, 0.25) is 11.8 Å². The molecule has 0 spiro atoms. The highest BCUT2D eigenvalue weighted by Gasteiger charge is 2.64. The zero-order chi connectivity index (χ0) is 27.5. The topological polar surface area (TPSA) is 76.2 Å². The van der Waals surface area contributed by atoms with Crippen LogP contribution in [-0.2, 0) is 9.59 Å². The Labute approximate surface area is 231 Å². The second kappa shape index (κ2) is 9.09. The zero-order valence-electron chi connectivity index (χ0n) is 22.0. The van der Waals surface area contributed by atoms with Crippen LogP contribution in [0.1, 0.15) is 15.9 Å². The number of methoxy groups -OCH3 is 2. The number of amides is 2. The molecule has 0 saturated carbocycles. The van der Waals surface area contributed by atoms with Crippen LogP contribution in [-0.4, -0.2) is 43.9 Å². The molecule has 7 rings (SSSR count). The van der Waals surface area contributed by atoms with E-state index < -0.39 is 29.8 Å². The summed E-state index contributed by atoms with van der Waals surface area (Å²) >= 11 is 0. The maximum atomic E-state index is 14.3. The summed E-state index contributed by atoms with van der Waals surface area (Å²) in [4.78, 5) is 45.9. The minimum atomic E-state index is -0.872. The predicted octanol–water partition coefficient (Wildman–Crippen LogP) is 5.13. The Kier molecular flexibility index (Phi) is 5.49. The summed E-state index contributed by atoms with van der Waals surface area (Å²) < 4.78 is 10.9. The lowest BCUT2D eigenvalue weighted by molar-refractivity contribution is -0.122. The van der Waals surface area contributed by atoms with Crippen LogP contribution in [0.4, 0.5) is 11.4 Å². The molecule has 7 heteroatoms. The number of Topliss-reactive ketones (excluding diaryl/α,β-unsaturated/α-hetero) is 1. The number of hydrogen-bond acceptors (Lipinski definition) is 6. The molecule has 3 aliphatic heterocycles. The number of anilines is 2. The van der Waals surface area contributed by atoms with E-state index in [2.05, 4.69) is 6.07 Å². The van der Waals surface area contributed by atoms with Crippen LogP contribution in [0.25, 0.3) is 16.8 Å².